The van der Waals surface area contributed by atoms with Crippen molar-refractivity contribution in [3.63, 3.8) is 0 Å². The lowest BCUT2D eigenvalue weighted by Gasteiger charge is -2.28. The average Bonchev–Trinajstić information content (AvgIpc) is 3.18. The molecular weight excluding hydrogens is 314 g/mol. The summed E-state index contributed by atoms with van der Waals surface area (Å²) in [7, 11) is 0. The summed E-state index contributed by atoms with van der Waals surface area (Å²) < 4.78 is 19.2. The summed E-state index contributed by atoms with van der Waals surface area (Å²) in [5.74, 6) is -0.586. The van der Waals surface area contributed by atoms with Crippen LogP contribution in [0.2, 0.25) is 0 Å². The Morgan fingerprint density at radius 1 is 1.38 bits per heavy atom. The highest BCUT2D eigenvalue weighted by Crippen LogP contribution is 2.49. The first-order valence-corrected chi connectivity index (χ1v) is 7.56. The van der Waals surface area contributed by atoms with E-state index in [1.165, 1.54) is 10.8 Å². The lowest BCUT2D eigenvalue weighted by atomic mass is 9.92. The highest BCUT2D eigenvalue weighted by molar-refractivity contribution is 5.66. The Morgan fingerprint density at radius 2 is 2.17 bits per heavy atom. The maximum Gasteiger partial charge on any atom is 0.226 e. The van der Waals surface area contributed by atoms with Crippen LogP contribution in [0.5, 0.6) is 0 Å². The molecule has 4 rings (SSSR count). The number of anilines is 1. The fraction of sp³-hybridized carbons (Fsp3) is 0.533. The number of nitrogens with two attached hydrogens (primary N) is 1. The third-order valence-corrected chi connectivity index (χ3v) is 4.44. The van der Waals surface area contributed by atoms with Gasteiger partial charge in [-0.05, 0) is 26.0 Å². The summed E-state index contributed by atoms with van der Waals surface area (Å²) in [5, 5.41) is 23.8. The smallest absolute Gasteiger partial charge is 0.226 e. The molecule has 4 heterocycles. The zero-order valence-electron chi connectivity index (χ0n) is 13.2. The van der Waals surface area contributed by atoms with Crippen LogP contribution in [0, 0.1) is 11.3 Å². The van der Waals surface area contributed by atoms with Crippen LogP contribution in [0.15, 0.2) is 18.5 Å². The fourth-order valence-electron chi connectivity index (χ4n) is 3.48. The number of nitrogens with zero attached hydrogens (tertiary/aromatic N) is 4. The summed E-state index contributed by atoms with van der Waals surface area (Å²) in [6.07, 6.45) is -0.637. The highest BCUT2D eigenvalue weighted by atomic mass is 16.8. The van der Waals surface area contributed by atoms with Crippen molar-refractivity contribution < 1.29 is 19.3 Å². The van der Waals surface area contributed by atoms with Gasteiger partial charge >= 0.3 is 0 Å². The van der Waals surface area contributed by atoms with Crippen LogP contribution in [-0.2, 0) is 19.8 Å². The summed E-state index contributed by atoms with van der Waals surface area (Å²) in [4.78, 5) is 3.94. The maximum atomic E-state index is 9.97. The predicted octanol–water partition coefficient (Wildman–Crippen LogP) is -0.0584. The van der Waals surface area contributed by atoms with Crippen molar-refractivity contribution in [1.82, 2.24) is 14.6 Å². The van der Waals surface area contributed by atoms with Crippen molar-refractivity contribution in [2.24, 2.45) is 0 Å². The number of ether oxygens (including phenoxy) is 3. The topological polar surface area (TPSA) is 128 Å². The van der Waals surface area contributed by atoms with Gasteiger partial charge in [0.1, 0.15) is 36.2 Å². The van der Waals surface area contributed by atoms with Crippen molar-refractivity contribution >= 4 is 11.3 Å². The highest BCUT2D eigenvalue weighted by Gasteiger charge is 2.65. The molecule has 24 heavy (non-hydrogen) atoms. The molecule has 3 unspecified atom stereocenters. The SMILES string of the molecule is CC1(C)OC2C(CO)O[C@@](C#N)(c3ccc4c(N)ncnn34)C2O1. The number of aliphatic hydroxyl groups excluding tert-OH is 1. The number of nitrogen functional groups attached to an aromatic ring is 1. The molecule has 4 atom stereocenters. The minimum atomic E-state index is -1.47. The van der Waals surface area contributed by atoms with E-state index in [1.54, 1.807) is 26.0 Å². The van der Waals surface area contributed by atoms with Gasteiger partial charge in [-0.2, -0.15) is 10.4 Å². The number of hydrogen-bond donors (Lipinski definition) is 2. The Hall–Kier alpha value is -2.25. The van der Waals surface area contributed by atoms with Crippen LogP contribution < -0.4 is 5.73 Å². The third-order valence-electron chi connectivity index (χ3n) is 4.44. The lowest BCUT2D eigenvalue weighted by molar-refractivity contribution is -0.204. The van der Waals surface area contributed by atoms with E-state index in [0.29, 0.717) is 17.0 Å². The van der Waals surface area contributed by atoms with Crippen LogP contribution in [-0.4, -0.2) is 50.4 Å². The van der Waals surface area contributed by atoms with Crippen molar-refractivity contribution in [3.05, 3.63) is 24.2 Å². The summed E-state index contributed by atoms with van der Waals surface area (Å²) in [6.45, 7) is 3.24. The molecule has 0 aliphatic carbocycles. The van der Waals surface area contributed by atoms with Gasteiger partial charge in [-0.25, -0.2) is 9.50 Å². The van der Waals surface area contributed by atoms with Crippen LogP contribution in [0.3, 0.4) is 0 Å². The molecule has 9 nitrogen and oxygen atoms in total. The van der Waals surface area contributed by atoms with E-state index in [9.17, 15) is 10.4 Å². The first-order valence-electron chi connectivity index (χ1n) is 7.56. The van der Waals surface area contributed by atoms with Gasteiger partial charge in [-0.15, -0.1) is 0 Å². The minimum absolute atomic E-state index is 0.287. The minimum Gasteiger partial charge on any atom is -0.394 e. The molecule has 2 aliphatic rings. The number of fused-ring (bicyclic) bond motifs is 2. The molecule has 0 bridgehead atoms. The van der Waals surface area contributed by atoms with Crippen LogP contribution >= 0.6 is 0 Å². The Labute approximate surface area is 137 Å². The van der Waals surface area contributed by atoms with E-state index in [4.69, 9.17) is 19.9 Å². The van der Waals surface area contributed by atoms with E-state index < -0.39 is 29.7 Å². The second kappa shape index (κ2) is 4.87. The van der Waals surface area contributed by atoms with Crippen molar-refractivity contribution in [2.75, 3.05) is 12.3 Å². The largest absolute Gasteiger partial charge is 0.394 e. The quantitative estimate of drug-likeness (QED) is 0.783. The first kappa shape index (κ1) is 15.3. The Kier molecular flexibility index (Phi) is 3.10. The molecule has 0 aromatic carbocycles. The summed E-state index contributed by atoms with van der Waals surface area (Å²) in [5.41, 5.74) is 5.41. The van der Waals surface area contributed by atoms with E-state index >= 15 is 0 Å². The first-order chi connectivity index (χ1) is 11.4. The van der Waals surface area contributed by atoms with Crippen molar-refractivity contribution in [2.45, 2.75) is 43.5 Å². The fourth-order valence-corrected chi connectivity index (χ4v) is 3.48. The van der Waals surface area contributed by atoms with E-state index in [0.717, 1.165) is 0 Å². The average molecular weight is 331 g/mol. The molecule has 2 aromatic heterocycles. The number of rotatable bonds is 2. The van der Waals surface area contributed by atoms with Gasteiger partial charge in [0.2, 0.25) is 5.60 Å². The maximum absolute atomic E-state index is 9.97. The molecule has 3 N–H and O–H groups in total. The van der Waals surface area contributed by atoms with Gasteiger partial charge in [0, 0.05) is 0 Å². The molecular formula is C15H17N5O4. The monoisotopic (exact) mass is 331 g/mol. The summed E-state index contributed by atoms with van der Waals surface area (Å²) >= 11 is 0. The lowest BCUT2D eigenvalue weighted by Crippen LogP contribution is -2.40. The number of nitriles is 1. The predicted molar refractivity (Wildman–Crippen MR) is 80.5 cm³/mol. The Morgan fingerprint density at radius 3 is 2.88 bits per heavy atom. The van der Waals surface area contributed by atoms with Gasteiger partial charge in [-0.1, -0.05) is 0 Å². The van der Waals surface area contributed by atoms with Crippen LogP contribution in [0.4, 0.5) is 5.82 Å². The molecule has 2 aromatic rings. The normalized spacial score (nSPS) is 34.3. The van der Waals surface area contributed by atoms with Gasteiger partial charge < -0.3 is 25.1 Å². The van der Waals surface area contributed by atoms with E-state index in [2.05, 4.69) is 16.2 Å². The Balaban J connectivity index is 1.90. The van der Waals surface area contributed by atoms with Gasteiger partial charge in [0.15, 0.2) is 11.6 Å². The van der Waals surface area contributed by atoms with E-state index in [1.807, 2.05) is 0 Å². The molecule has 2 saturated heterocycles. The zero-order chi connectivity index (χ0) is 17.1. The third kappa shape index (κ3) is 1.88. The molecule has 0 spiro atoms. The molecule has 126 valence electrons. The number of aromatic nitrogens is 3. The molecule has 9 heteroatoms. The van der Waals surface area contributed by atoms with Gasteiger partial charge in [0.25, 0.3) is 0 Å². The number of hydrogen-bond acceptors (Lipinski definition) is 8. The van der Waals surface area contributed by atoms with E-state index in [-0.39, 0.29) is 6.61 Å². The standard InChI is InChI=1S/C15H17N5O4/c1-14(2)23-11-9(5-21)22-15(6-16,12(11)24-14)10-4-3-8-13(17)18-7-19-20(8)10/h3-4,7,9,11-12,21H,5H2,1-2H3,(H2,17,18,19)/t9?,11?,12?,15-/m0/s1. The molecule has 2 aliphatic heterocycles. The van der Waals surface area contributed by atoms with Crippen molar-refractivity contribution in [1.29, 1.82) is 5.26 Å². The number of aliphatic hydroxyl groups is 1. The summed E-state index contributed by atoms with van der Waals surface area (Å²) in [6, 6.07) is 5.63. The van der Waals surface area contributed by atoms with Crippen LogP contribution in [0.25, 0.3) is 5.52 Å². The van der Waals surface area contributed by atoms with Gasteiger partial charge in [0.05, 0.1) is 12.3 Å². The second-order valence-corrected chi connectivity index (χ2v) is 6.37. The van der Waals surface area contributed by atoms with Crippen molar-refractivity contribution in [3.8, 4) is 6.07 Å². The zero-order valence-corrected chi connectivity index (χ0v) is 13.2. The van der Waals surface area contributed by atoms with Crippen LogP contribution in [0.1, 0.15) is 19.5 Å². The second-order valence-electron chi connectivity index (χ2n) is 6.37. The molecule has 0 amide bonds. The molecule has 0 saturated carbocycles. The Bertz CT molecular complexity index is 844. The molecule has 0 radical (unpaired) electrons. The van der Waals surface area contributed by atoms with Gasteiger partial charge in [-0.3, -0.25) is 0 Å². The molecule has 2 fully saturated rings.